The number of phenolic OH excluding ortho intramolecular Hbond substituents is 1. The maximum Gasteiger partial charge on any atom is 0.124 e. The van der Waals surface area contributed by atoms with Crippen molar-refractivity contribution in [2.75, 3.05) is 0 Å². The van der Waals surface area contributed by atoms with Crippen LogP contribution in [0.5, 0.6) is 5.75 Å². The lowest BCUT2D eigenvalue weighted by atomic mass is 10.1. The average Bonchev–Trinajstić information content (AvgIpc) is 2.67. The van der Waals surface area contributed by atoms with E-state index in [1.54, 1.807) is 18.3 Å². The zero-order valence-corrected chi connectivity index (χ0v) is 14.1. The number of azo groups is 1. The van der Waals surface area contributed by atoms with Gasteiger partial charge in [0.05, 0.1) is 17.1 Å². The Morgan fingerprint density at radius 3 is 2.12 bits per heavy atom. The van der Waals surface area contributed by atoms with Crippen molar-refractivity contribution in [2.45, 2.75) is 5.88 Å². The zero-order valence-electron chi connectivity index (χ0n) is 13.4. The number of alkyl halides is 1. The van der Waals surface area contributed by atoms with Gasteiger partial charge in [-0.2, -0.15) is 10.2 Å². The van der Waals surface area contributed by atoms with Crippen molar-refractivity contribution in [1.29, 1.82) is 0 Å². The fourth-order valence-corrected chi connectivity index (χ4v) is 2.32. The van der Waals surface area contributed by atoms with Gasteiger partial charge in [0.1, 0.15) is 5.75 Å². The summed E-state index contributed by atoms with van der Waals surface area (Å²) in [6.07, 6.45) is 1.62. The second-order valence-corrected chi connectivity index (χ2v) is 5.60. The molecule has 0 atom stereocenters. The maximum absolute atomic E-state index is 9.87. The fraction of sp³-hybridized carbons (Fsp3) is 0.0500. The van der Waals surface area contributed by atoms with Crippen LogP contribution in [0.2, 0.25) is 0 Å². The molecule has 3 rings (SSSR count). The van der Waals surface area contributed by atoms with Gasteiger partial charge in [0.2, 0.25) is 0 Å². The first-order valence-electron chi connectivity index (χ1n) is 7.73. The molecule has 124 valence electrons. The molecule has 25 heavy (non-hydrogen) atoms. The molecular weight excluding hydrogens is 334 g/mol. The van der Waals surface area contributed by atoms with E-state index in [9.17, 15) is 5.11 Å². The van der Waals surface area contributed by atoms with Gasteiger partial charge in [-0.25, -0.2) is 0 Å². The highest BCUT2D eigenvalue weighted by Crippen LogP contribution is 2.23. The molecule has 0 radical (unpaired) electrons. The molecule has 0 saturated heterocycles. The van der Waals surface area contributed by atoms with E-state index in [-0.39, 0.29) is 5.75 Å². The predicted molar refractivity (Wildman–Crippen MR) is 102 cm³/mol. The van der Waals surface area contributed by atoms with Crippen LogP contribution in [0, 0.1) is 0 Å². The third kappa shape index (κ3) is 4.75. The molecule has 0 spiro atoms. The first-order valence-corrected chi connectivity index (χ1v) is 8.27. The Balaban J connectivity index is 1.71. The predicted octanol–water partition coefficient (Wildman–Crippen LogP) is 6.30. The van der Waals surface area contributed by atoms with E-state index < -0.39 is 0 Å². The number of aliphatic imine (C=N–C) groups is 1. The monoisotopic (exact) mass is 349 g/mol. The Kier molecular flexibility index (Phi) is 5.54. The molecule has 4 nitrogen and oxygen atoms in total. The fourth-order valence-electron chi connectivity index (χ4n) is 2.15. The van der Waals surface area contributed by atoms with E-state index in [2.05, 4.69) is 15.2 Å². The molecule has 0 aromatic heterocycles. The largest absolute Gasteiger partial charge is 0.507 e. The van der Waals surface area contributed by atoms with Crippen LogP contribution in [0.15, 0.2) is 88.0 Å². The Morgan fingerprint density at radius 1 is 0.800 bits per heavy atom. The minimum atomic E-state index is 0.172. The highest BCUT2D eigenvalue weighted by atomic mass is 35.5. The third-order valence-corrected chi connectivity index (χ3v) is 3.79. The molecule has 0 amide bonds. The van der Waals surface area contributed by atoms with Crippen LogP contribution in [0.1, 0.15) is 11.1 Å². The Bertz CT molecular complexity index is 891. The summed E-state index contributed by atoms with van der Waals surface area (Å²) in [6.45, 7) is 0. The lowest BCUT2D eigenvalue weighted by Crippen LogP contribution is -1.85. The summed E-state index contributed by atoms with van der Waals surface area (Å²) in [5.41, 5.74) is 3.87. The quantitative estimate of drug-likeness (QED) is 0.328. The van der Waals surface area contributed by atoms with Gasteiger partial charge in [-0.15, -0.1) is 11.6 Å². The van der Waals surface area contributed by atoms with Gasteiger partial charge in [0, 0.05) is 17.7 Å². The van der Waals surface area contributed by atoms with Crippen molar-refractivity contribution in [3.8, 4) is 5.75 Å². The molecule has 0 aliphatic rings. The van der Waals surface area contributed by atoms with Gasteiger partial charge < -0.3 is 5.11 Å². The molecule has 0 heterocycles. The maximum atomic E-state index is 9.87. The second kappa shape index (κ2) is 8.22. The summed E-state index contributed by atoms with van der Waals surface area (Å²) in [4.78, 5) is 4.37. The Morgan fingerprint density at radius 2 is 1.44 bits per heavy atom. The topological polar surface area (TPSA) is 57.3 Å². The molecule has 1 N–H and O–H groups in total. The highest BCUT2D eigenvalue weighted by molar-refractivity contribution is 6.17. The number of rotatable bonds is 5. The molecular formula is C20H16ClN3O. The highest BCUT2D eigenvalue weighted by Gasteiger charge is 2.00. The zero-order chi connectivity index (χ0) is 17.5. The van der Waals surface area contributed by atoms with Gasteiger partial charge in [-0.1, -0.05) is 24.3 Å². The van der Waals surface area contributed by atoms with E-state index in [1.807, 2.05) is 60.7 Å². The first kappa shape index (κ1) is 16.9. The first-order chi connectivity index (χ1) is 12.2. The number of benzene rings is 3. The Labute approximate surface area is 151 Å². The van der Waals surface area contributed by atoms with Crippen molar-refractivity contribution < 1.29 is 5.11 Å². The second-order valence-electron chi connectivity index (χ2n) is 5.34. The van der Waals surface area contributed by atoms with Crippen LogP contribution in [-0.2, 0) is 5.88 Å². The molecule has 0 saturated carbocycles. The molecule has 5 heteroatoms. The number of halogens is 1. The van der Waals surface area contributed by atoms with E-state index >= 15 is 0 Å². The van der Waals surface area contributed by atoms with E-state index in [4.69, 9.17) is 11.6 Å². The smallest absolute Gasteiger partial charge is 0.124 e. The molecule has 0 fully saturated rings. The van der Waals surface area contributed by atoms with Crippen molar-refractivity contribution in [1.82, 2.24) is 0 Å². The molecule has 0 aliphatic heterocycles. The molecule has 0 aliphatic carbocycles. The van der Waals surface area contributed by atoms with E-state index in [0.29, 0.717) is 11.4 Å². The van der Waals surface area contributed by atoms with Crippen LogP contribution in [0.25, 0.3) is 0 Å². The summed E-state index contributed by atoms with van der Waals surface area (Å²) in [6, 6.07) is 22.1. The van der Waals surface area contributed by atoms with Gasteiger partial charge in [-0.05, 0) is 54.1 Å². The molecule has 0 bridgehead atoms. The van der Waals surface area contributed by atoms with Crippen LogP contribution in [0.3, 0.4) is 0 Å². The molecule has 0 unspecified atom stereocenters. The van der Waals surface area contributed by atoms with E-state index in [1.165, 1.54) is 0 Å². The van der Waals surface area contributed by atoms with Crippen LogP contribution in [0.4, 0.5) is 17.1 Å². The normalized spacial score (nSPS) is 11.4. The standard InChI is InChI=1S/C20H16ClN3O/c21-13-15-6-11-20(25)16(12-15)14-22-17-7-9-19(10-8-17)24-23-18-4-2-1-3-5-18/h1-12,14,25H,13H2. The minimum Gasteiger partial charge on any atom is -0.507 e. The van der Waals surface area contributed by atoms with Crippen molar-refractivity contribution in [2.24, 2.45) is 15.2 Å². The molecule has 3 aromatic rings. The third-order valence-electron chi connectivity index (χ3n) is 3.49. The summed E-state index contributed by atoms with van der Waals surface area (Å²) >= 11 is 5.81. The van der Waals surface area contributed by atoms with Crippen LogP contribution < -0.4 is 0 Å². The van der Waals surface area contributed by atoms with Gasteiger partial charge in [0.15, 0.2) is 0 Å². The van der Waals surface area contributed by atoms with E-state index in [0.717, 1.165) is 22.6 Å². The summed E-state index contributed by atoms with van der Waals surface area (Å²) in [7, 11) is 0. The van der Waals surface area contributed by atoms with Crippen molar-refractivity contribution in [3.05, 3.63) is 83.9 Å². The minimum absolute atomic E-state index is 0.172. The number of hydrogen-bond acceptors (Lipinski definition) is 4. The summed E-state index contributed by atoms with van der Waals surface area (Å²) < 4.78 is 0. The van der Waals surface area contributed by atoms with Crippen molar-refractivity contribution >= 4 is 34.9 Å². The lowest BCUT2D eigenvalue weighted by Gasteiger charge is -2.01. The van der Waals surface area contributed by atoms with Gasteiger partial charge >= 0.3 is 0 Å². The van der Waals surface area contributed by atoms with Crippen molar-refractivity contribution in [3.63, 3.8) is 0 Å². The Hall–Kier alpha value is -2.98. The lowest BCUT2D eigenvalue weighted by molar-refractivity contribution is 0.474. The average molecular weight is 350 g/mol. The number of nitrogens with zero attached hydrogens (tertiary/aromatic N) is 3. The van der Waals surface area contributed by atoms with Gasteiger partial charge in [0.25, 0.3) is 0 Å². The summed E-state index contributed by atoms with van der Waals surface area (Å²) in [5, 5.41) is 18.2. The van der Waals surface area contributed by atoms with Gasteiger partial charge in [-0.3, -0.25) is 4.99 Å². The summed E-state index contributed by atoms with van der Waals surface area (Å²) in [5.74, 6) is 0.563. The molecule has 3 aromatic carbocycles. The number of aromatic hydroxyl groups is 1. The number of hydrogen-bond donors (Lipinski definition) is 1. The number of phenols is 1. The van der Waals surface area contributed by atoms with Crippen LogP contribution in [-0.4, -0.2) is 11.3 Å². The SMILES string of the molecule is Oc1ccc(CCl)cc1C=Nc1ccc(N=Nc2ccccc2)cc1. The van der Waals surface area contributed by atoms with Crippen LogP contribution >= 0.6 is 11.6 Å².